The second-order valence-electron chi connectivity index (χ2n) is 4.72. The first-order chi connectivity index (χ1) is 9.12. The molecule has 1 unspecified atom stereocenters. The number of rotatable bonds is 8. The number of benzene rings is 1. The number of hydrogen-bond acceptors (Lipinski definition) is 4. The summed E-state index contributed by atoms with van der Waals surface area (Å²) in [5.41, 5.74) is 8.26. The Morgan fingerprint density at radius 3 is 2.58 bits per heavy atom. The minimum absolute atomic E-state index is 0.0405. The Morgan fingerprint density at radius 1 is 1.32 bits per heavy atom. The molecule has 0 amide bonds. The zero-order chi connectivity index (χ0) is 14.3. The third-order valence-corrected chi connectivity index (χ3v) is 3.28. The van der Waals surface area contributed by atoms with Crippen LogP contribution in [0.2, 0.25) is 0 Å². The minimum Gasteiger partial charge on any atom is -0.496 e. The summed E-state index contributed by atoms with van der Waals surface area (Å²) in [6.45, 7) is 7.63. The predicted molar refractivity (Wildman–Crippen MR) is 78.4 cm³/mol. The van der Waals surface area contributed by atoms with Crippen LogP contribution < -0.4 is 10.5 Å². The van der Waals surface area contributed by atoms with Gasteiger partial charge >= 0.3 is 0 Å². The smallest absolute Gasteiger partial charge is 0.123 e. The molecule has 4 nitrogen and oxygen atoms in total. The van der Waals surface area contributed by atoms with E-state index in [9.17, 15) is 0 Å². The highest BCUT2D eigenvalue weighted by Crippen LogP contribution is 2.23. The van der Waals surface area contributed by atoms with Gasteiger partial charge in [-0.15, -0.1) is 0 Å². The molecule has 19 heavy (non-hydrogen) atoms. The van der Waals surface area contributed by atoms with Gasteiger partial charge in [-0.3, -0.25) is 4.90 Å². The summed E-state index contributed by atoms with van der Waals surface area (Å²) in [5, 5.41) is 0. The molecule has 4 heteroatoms. The Balaban J connectivity index is 2.86. The summed E-state index contributed by atoms with van der Waals surface area (Å²) >= 11 is 0. The van der Waals surface area contributed by atoms with Crippen LogP contribution in [-0.4, -0.2) is 38.8 Å². The van der Waals surface area contributed by atoms with Gasteiger partial charge in [0.25, 0.3) is 0 Å². The van der Waals surface area contributed by atoms with Crippen molar-refractivity contribution < 1.29 is 9.47 Å². The Kier molecular flexibility index (Phi) is 6.84. The number of nitrogens with two attached hydrogens (primary N) is 1. The van der Waals surface area contributed by atoms with Crippen molar-refractivity contribution in [1.82, 2.24) is 4.90 Å². The number of methoxy groups -OCH3 is 2. The van der Waals surface area contributed by atoms with E-state index < -0.39 is 0 Å². The van der Waals surface area contributed by atoms with Gasteiger partial charge < -0.3 is 15.2 Å². The third kappa shape index (κ3) is 4.82. The van der Waals surface area contributed by atoms with E-state index in [-0.39, 0.29) is 6.04 Å². The minimum atomic E-state index is 0.0405. The molecule has 1 aromatic carbocycles. The molecule has 0 bridgehead atoms. The highest BCUT2D eigenvalue weighted by Gasteiger charge is 2.10. The van der Waals surface area contributed by atoms with Crippen molar-refractivity contribution in [3.05, 3.63) is 29.3 Å². The van der Waals surface area contributed by atoms with Crippen molar-refractivity contribution in [3.8, 4) is 5.75 Å². The van der Waals surface area contributed by atoms with Crippen LogP contribution in [0.5, 0.6) is 5.75 Å². The van der Waals surface area contributed by atoms with Crippen LogP contribution in [0, 0.1) is 0 Å². The number of hydrogen-bond donors (Lipinski definition) is 1. The van der Waals surface area contributed by atoms with Crippen LogP contribution in [0.25, 0.3) is 0 Å². The maximum absolute atomic E-state index is 5.94. The molecule has 1 atom stereocenters. The Labute approximate surface area is 116 Å². The molecule has 0 saturated carbocycles. The molecule has 0 aliphatic carbocycles. The number of nitrogens with zero attached hydrogens (tertiary/aromatic N) is 1. The van der Waals surface area contributed by atoms with Gasteiger partial charge in [-0.1, -0.05) is 13.0 Å². The third-order valence-electron chi connectivity index (χ3n) is 3.28. The molecule has 0 aliphatic heterocycles. The van der Waals surface area contributed by atoms with Crippen LogP contribution in [-0.2, 0) is 11.3 Å². The summed E-state index contributed by atoms with van der Waals surface area (Å²) < 4.78 is 10.6. The Morgan fingerprint density at radius 2 is 2.05 bits per heavy atom. The molecule has 0 aliphatic rings. The maximum atomic E-state index is 5.94. The Hall–Kier alpha value is -1.10. The molecule has 0 fully saturated rings. The quantitative estimate of drug-likeness (QED) is 0.783. The SMILES string of the molecule is CCN(CCOC)Cc1cc(C(C)N)ccc1OC. The van der Waals surface area contributed by atoms with Crippen LogP contribution in [0.3, 0.4) is 0 Å². The van der Waals surface area contributed by atoms with Crippen molar-refractivity contribution in [2.24, 2.45) is 5.73 Å². The highest BCUT2D eigenvalue weighted by molar-refractivity contribution is 5.38. The second kappa shape index (κ2) is 8.15. The zero-order valence-electron chi connectivity index (χ0n) is 12.5. The molecule has 0 heterocycles. The van der Waals surface area contributed by atoms with Gasteiger partial charge in [-0.2, -0.15) is 0 Å². The summed E-state index contributed by atoms with van der Waals surface area (Å²) in [4.78, 5) is 2.33. The fraction of sp³-hybridized carbons (Fsp3) is 0.600. The zero-order valence-corrected chi connectivity index (χ0v) is 12.5. The van der Waals surface area contributed by atoms with Gasteiger partial charge in [0.15, 0.2) is 0 Å². The summed E-state index contributed by atoms with van der Waals surface area (Å²) in [5.74, 6) is 0.917. The van der Waals surface area contributed by atoms with Crippen molar-refractivity contribution in [3.63, 3.8) is 0 Å². The summed E-state index contributed by atoms with van der Waals surface area (Å²) in [6, 6.07) is 6.20. The standard InChI is InChI=1S/C15H26N2O2/c1-5-17(8-9-18-3)11-14-10-13(12(2)16)6-7-15(14)19-4/h6-7,10,12H,5,8-9,11,16H2,1-4H3. The maximum Gasteiger partial charge on any atom is 0.123 e. The van der Waals surface area contributed by atoms with Gasteiger partial charge in [0, 0.05) is 31.8 Å². The molecule has 0 radical (unpaired) electrons. The van der Waals surface area contributed by atoms with Crippen LogP contribution in [0.15, 0.2) is 18.2 Å². The molecular formula is C15H26N2O2. The molecule has 0 aromatic heterocycles. The van der Waals surface area contributed by atoms with Gasteiger partial charge in [-0.25, -0.2) is 0 Å². The van der Waals surface area contributed by atoms with Crippen LogP contribution >= 0.6 is 0 Å². The summed E-state index contributed by atoms with van der Waals surface area (Å²) in [7, 11) is 3.43. The lowest BCUT2D eigenvalue weighted by Gasteiger charge is -2.22. The van der Waals surface area contributed by atoms with Gasteiger partial charge in [-0.05, 0) is 31.2 Å². The van der Waals surface area contributed by atoms with E-state index in [1.54, 1.807) is 14.2 Å². The lowest BCUT2D eigenvalue weighted by Crippen LogP contribution is -2.27. The Bertz CT molecular complexity index is 380. The van der Waals surface area contributed by atoms with E-state index in [1.165, 1.54) is 5.56 Å². The molecule has 1 aromatic rings. The first kappa shape index (κ1) is 16.0. The number of likely N-dealkylation sites (N-methyl/N-ethyl adjacent to an activating group) is 1. The monoisotopic (exact) mass is 266 g/mol. The van der Waals surface area contributed by atoms with E-state index in [4.69, 9.17) is 15.2 Å². The average molecular weight is 266 g/mol. The van der Waals surface area contributed by atoms with Crippen molar-refractivity contribution in [1.29, 1.82) is 0 Å². The van der Waals surface area contributed by atoms with E-state index in [0.717, 1.165) is 37.6 Å². The molecule has 0 saturated heterocycles. The lowest BCUT2D eigenvalue weighted by molar-refractivity contribution is 0.147. The largest absolute Gasteiger partial charge is 0.496 e. The highest BCUT2D eigenvalue weighted by atomic mass is 16.5. The summed E-state index contributed by atoms with van der Waals surface area (Å²) in [6.07, 6.45) is 0. The molecule has 108 valence electrons. The van der Waals surface area contributed by atoms with Gasteiger partial charge in [0.05, 0.1) is 13.7 Å². The first-order valence-electron chi connectivity index (χ1n) is 6.76. The van der Waals surface area contributed by atoms with Gasteiger partial charge in [0.1, 0.15) is 5.75 Å². The number of ether oxygens (including phenoxy) is 2. The predicted octanol–water partition coefficient (Wildman–Crippen LogP) is 2.18. The van der Waals surface area contributed by atoms with E-state index in [1.807, 2.05) is 19.1 Å². The molecule has 0 spiro atoms. The van der Waals surface area contributed by atoms with E-state index >= 15 is 0 Å². The van der Waals surface area contributed by atoms with Crippen molar-refractivity contribution >= 4 is 0 Å². The first-order valence-corrected chi connectivity index (χ1v) is 6.76. The fourth-order valence-corrected chi connectivity index (χ4v) is 2.02. The van der Waals surface area contributed by atoms with Gasteiger partial charge in [0.2, 0.25) is 0 Å². The average Bonchev–Trinajstić information content (AvgIpc) is 2.43. The topological polar surface area (TPSA) is 47.7 Å². The van der Waals surface area contributed by atoms with Crippen LogP contribution in [0.4, 0.5) is 0 Å². The second-order valence-corrected chi connectivity index (χ2v) is 4.72. The van der Waals surface area contributed by atoms with Crippen molar-refractivity contribution in [2.75, 3.05) is 33.9 Å². The van der Waals surface area contributed by atoms with E-state index in [0.29, 0.717) is 0 Å². The molecule has 2 N–H and O–H groups in total. The van der Waals surface area contributed by atoms with Crippen LogP contribution in [0.1, 0.15) is 31.0 Å². The normalized spacial score (nSPS) is 12.7. The van der Waals surface area contributed by atoms with Crippen molar-refractivity contribution in [2.45, 2.75) is 26.4 Å². The lowest BCUT2D eigenvalue weighted by atomic mass is 10.0. The molecule has 1 rings (SSSR count). The van der Waals surface area contributed by atoms with E-state index in [2.05, 4.69) is 17.9 Å². The molecular weight excluding hydrogens is 240 g/mol. The fourth-order valence-electron chi connectivity index (χ4n) is 2.02.